The van der Waals surface area contributed by atoms with Crippen molar-refractivity contribution in [2.45, 2.75) is 19.4 Å². The van der Waals surface area contributed by atoms with E-state index in [0.717, 1.165) is 29.2 Å². The molecule has 0 saturated carbocycles. The molecule has 22 heavy (non-hydrogen) atoms. The first-order chi connectivity index (χ1) is 10.7. The number of hydrogen-bond donors (Lipinski definition) is 1. The van der Waals surface area contributed by atoms with Gasteiger partial charge in [-0.15, -0.1) is 0 Å². The maximum Gasteiger partial charge on any atom is 0.249 e. The predicted octanol–water partition coefficient (Wildman–Crippen LogP) is 2.62. The number of aryl methyl sites for hydroxylation is 1. The van der Waals surface area contributed by atoms with Crippen LogP contribution in [0.3, 0.4) is 0 Å². The van der Waals surface area contributed by atoms with Crippen LogP contribution in [0.15, 0.2) is 42.6 Å². The zero-order valence-corrected chi connectivity index (χ0v) is 12.7. The maximum atomic E-state index is 12.7. The third kappa shape index (κ3) is 2.74. The number of carbonyl (C=O) groups is 1. The van der Waals surface area contributed by atoms with Crippen LogP contribution in [0.5, 0.6) is 5.75 Å². The van der Waals surface area contributed by atoms with Crippen LogP contribution in [0, 0.1) is 6.92 Å². The molecule has 1 aromatic carbocycles. The summed E-state index contributed by atoms with van der Waals surface area (Å²) in [6, 6.07) is 11.2. The van der Waals surface area contributed by atoms with Crippen molar-refractivity contribution in [1.82, 2.24) is 4.98 Å². The molecule has 1 amide bonds. The van der Waals surface area contributed by atoms with Gasteiger partial charge in [-0.2, -0.15) is 0 Å². The van der Waals surface area contributed by atoms with E-state index >= 15 is 0 Å². The van der Waals surface area contributed by atoms with E-state index in [1.54, 1.807) is 18.2 Å². The van der Waals surface area contributed by atoms with Crippen molar-refractivity contribution in [2.75, 3.05) is 23.9 Å². The zero-order valence-electron chi connectivity index (χ0n) is 12.7. The fourth-order valence-corrected chi connectivity index (χ4v) is 2.74. The first-order valence-corrected chi connectivity index (χ1v) is 7.32. The van der Waals surface area contributed by atoms with Crippen LogP contribution in [-0.2, 0) is 4.79 Å². The van der Waals surface area contributed by atoms with Gasteiger partial charge in [0.05, 0.1) is 12.8 Å². The van der Waals surface area contributed by atoms with Gasteiger partial charge in [-0.25, -0.2) is 0 Å². The van der Waals surface area contributed by atoms with Gasteiger partial charge >= 0.3 is 0 Å². The Morgan fingerprint density at radius 2 is 2.14 bits per heavy atom. The van der Waals surface area contributed by atoms with Crippen LogP contribution in [0.4, 0.5) is 11.4 Å². The molecule has 1 aliphatic rings. The number of nitrogens with one attached hydrogen (secondary N) is 1. The Morgan fingerprint density at radius 3 is 2.91 bits per heavy atom. The van der Waals surface area contributed by atoms with E-state index in [0.29, 0.717) is 6.54 Å². The number of benzene rings is 1. The minimum absolute atomic E-state index is 0.0685. The van der Waals surface area contributed by atoms with Crippen LogP contribution in [0.1, 0.15) is 12.1 Å². The van der Waals surface area contributed by atoms with Gasteiger partial charge in [-0.1, -0.05) is 12.1 Å². The van der Waals surface area contributed by atoms with E-state index in [1.807, 2.05) is 43.3 Å². The minimum atomic E-state index is -0.216. The lowest BCUT2D eigenvalue weighted by molar-refractivity contribution is -0.117. The monoisotopic (exact) mass is 297 g/mol. The first-order valence-electron chi connectivity index (χ1n) is 7.32. The molecular weight excluding hydrogens is 278 g/mol. The molecule has 3 rings (SSSR count). The lowest BCUT2D eigenvalue weighted by atomic mass is 10.2. The highest BCUT2D eigenvalue weighted by Crippen LogP contribution is 2.31. The summed E-state index contributed by atoms with van der Waals surface area (Å²) in [4.78, 5) is 18.6. The second kappa shape index (κ2) is 6.05. The normalized spacial score (nSPS) is 17.6. The zero-order chi connectivity index (χ0) is 15.5. The van der Waals surface area contributed by atoms with Crippen molar-refractivity contribution in [3.63, 3.8) is 0 Å². The van der Waals surface area contributed by atoms with Crippen molar-refractivity contribution in [1.29, 1.82) is 0 Å². The summed E-state index contributed by atoms with van der Waals surface area (Å²) < 4.78 is 5.35. The minimum Gasteiger partial charge on any atom is -0.495 e. The van der Waals surface area contributed by atoms with E-state index in [9.17, 15) is 4.79 Å². The Balaban J connectivity index is 1.77. The number of methoxy groups -OCH3 is 1. The summed E-state index contributed by atoms with van der Waals surface area (Å²) in [6.45, 7) is 2.61. The van der Waals surface area contributed by atoms with Gasteiger partial charge in [0.25, 0.3) is 0 Å². The molecule has 0 bridgehead atoms. The van der Waals surface area contributed by atoms with Crippen LogP contribution in [-0.4, -0.2) is 30.6 Å². The summed E-state index contributed by atoms with van der Waals surface area (Å²) in [7, 11) is 1.62. The molecule has 2 aromatic rings. The number of amides is 1. The Morgan fingerprint density at radius 1 is 1.32 bits per heavy atom. The van der Waals surface area contributed by atoms with Crippen molar-refractivity contribution in [3.05, 3.63) is 48.3 Å². The molecule has 1 fully saturated rings. The SMILES string of the molecule is COc1ccccc1N1CCC(Nc2ccnc(C)c2)C1=O. The van der Waals surface area contributed by atoms with E-state index in [1.165, 1.54) is 0 Å². The second-order valence-corrected chi connectivity index (χ2v) is 5.33. The standard InChI is InChI=1S/C17H19N3O2/c1-12-11-13(7-9-18-12)19-14-8-10-20(17(14)21)15-5-3-4-6-16(15)22-2/h3-7,9,11,14H,8,10H2,1-2H3,(H,18,19). The lowest BCUT2D eigenvalue weighted by Gasteiger charge is -2.20. The molecule has 1 saturated heterocycles. The van der Waals surface area contributed by atoms with Gasteiger partial charge in [0.15, 0.2) is 0 Å². The molecule has 1 aliphatic heterocycles. The molecule has 1 N–H and O–H groups in total. The molecule has 114 valence electrons. The van der Waals surface area contributed by atoms with Crippen molar-refractivity contribution in [3.8, 4) is 5.75 Å². The smallest absolute Gasteiger partial charge is 0.249 e. The summed E-state index contributed by atoms with van der Waals surface area (Å²) in [5.74, 6) is 0.787. The molecule has 0 aliphatic carbocycles. The molecular formula is C17H19N3O2. The quantitative estimate of drug-likeness (QED) is 0.942. The number of para-hydroxylation sites is 2. The van der Waals surface area contributed by atoms with Crippen LogP contribution < -0.4 is 15.0 Å². The van der Waals surface area contributed by atoms with Crippen LogP contribution in [0.25, 0.3) is 0 Å². The molecule has 1 atom stereocenters. The predicted molar refractivity (Wildman–Crippen MR) is 86.3 cm³/mol. The maximum absolute atomic E-state index is 12.7. The number of nitrogens with zero attached hydrogens (tertiary/aromatic N) is 2. The largest absolute Gasteiger partial charge is 0.495 e. The number of aromatic nitrogens is 1. The summed E-state index contributed by atoms with van der Waals surface area (Å²) in [5.41, 5.74) is 2.68. The number of hydrogen-bond acceptors (Lipinski definition) is 4. The Kier molecular flexibility index (Phi) is 3.96. The first kappa shape index (κ1) is 14.4. The molecule has 0 spiro atoms. The average molecular weight is 297 g/mol. The molecule has 5 nitrogen and oxygen atoms in total. The fourth-order valence-electron chi connectivity index (χ4n) is 2.74. The third-order valence-electron chi connectivity index (χ3n) is 3.82. The molecule has 5 heteroatoms. The van der Waals surface area contributed by atoms with Crippen molar-refractivity contribution in [2.24, 2.45) is 0 Å². The number of pyridine rings is 1. The number of anilines is 2. The van der Waals surface area contributed by atoms with Crippen molar-refractivity contribution >= 4 is 17.3 Å². The molecule has 0 radical (unpaired) electrons. The van der Waals surface area contributed by atoms with Gasteiger partial charge in [-0.3, -0.25) is 9.78 Å². The topological polar surface area (TPSA) is 54.5 Å². The lowest BCUT2D eigenvalue weighted by Crippen LogP contribution is -2.33. The third-order valence-corrected chi connectivity index (χ3v) is 3.82. The Bertz CT molecular complexity index is 687. The highest BCUT2D eigenvalue weighted by Gasteiger charge is 2.33. The summed E-state index contributed by atoms with van der Waals surface area (Å²) >= 11 is 0. The number of ether oxygens (including phenoxy) is 1. The van der Waals surface area contributed by atoms with E-state index in [-0.39, 0.29) is 11.9 Å². The highest BCUT2D eigenvalue weighted by atomic mass is 16.5. The van der Waals surface area contributed by atoms with E-state index < -0.39 is 0 Å². The van der Waals surface area contributed by atoms with Gasteiger partial charge in [-0.05, 0) is 37.6 Å². The molecule has 1 unspecified atom stereocenters. The summed E-state index contributed by atoms with van der Waals surface area (Å²) in [5, 5.41) is 3.30. The Hall–Kier alpha value is -2.56. The van der Waals surface area contributed by atoms with Gasteiger partial charge in [0.2, 0.25) is 5.91 Å². The van der Waals surface area contributed by atoms with E-state index in [2.05, 4.69) is 10.3 Å². The van der Waals surface area contributed by atoms with Gasteiger partial charge in [0.1, 0.15) is 11.8 Å². The van der Waals surface area contributed by atoms with Gasteiger partial charge < -0.3 is 15.0 Å². The Labute approximate surface area is 129 Å². The number of carbonyl (C=O) groups excluding carboxylic acids is 1. The fraction of sp³-hybridized carbons (Fsp3) is 0.294. The number of rotatable bonds is 4. The van der Waals surface area contributed by atoms with Crippen LogP contribution in [0.2, 0.25) is 0 Å². The summed E-state index contributed by atoms with van der Waals surface area (Å²) in [6.07, 6.45) is 2.51. The van der Waals surface area contributed by atoms with Gasteiger partial charge in [0, 0.05) is 24.1 Å². The average Bonchev–Trinajstić information content (AvgIpc) is 2.88. The molecule has 2 heterocycles. The van der Waals surface area contributed by atoms with E-state index in [4.69, 9.17) is 4.74 Å². The highest BCUT2D eigenvalue weighted by molar-refractivity contribution is 6.02. The van der Waals surface area contributed by atoms with Crippen LogP contribution >= 0.6 is 0 Å². The van der Waals surface area contributed by atoms with Crippen molar-refractivity contribution < 1.29 is 9.53 Å². The second-order valence-electron chi connectivity index (χ2n) is 5.33. The molecule has 1 aromatic heterocycles.